The Morgan fingerprint density at radius 1 is 1.25 bits per heavy atom. The number of fused-ring (bicyclic) bond motifs is 1. The summed E-state index contributed by atoms with van der Waals surface area (Å²) in [6, 6.07) is 12.4. The topological polar surface area (TPSA) is 154 Å². The molecule has 0 fully saturated rings. The first-order valence-electron chi connectivity index (χ1n) is 10.1. The predicted molar refractivity (Wildman–Crippen MR) is 127 cm³/mol. The minimum Gasteiger partial charge on any atom is -0.404 e. The van der Waals surface area contributed by atoms with E-state index in [1.807, 2.05) is 25.1 Å². The summed E-state index contributed by atoms with van der Waals surface area (Å²) < 4.78 is 1.79. The lowest BCUT2D eigenvalue weighted by atomic mass is 10.2. The molecule has 9 nitrogen and oxygen atoms in total. The summed E-state index contributed by atoms with van der Waals surface area (Å²) in [5.41, 5.74) is 20.1. The van der Waals surface area contributed by atoms with Crippen molar-refractivity contribution in [3.05, 3.63) is 65.5 Å². The van der Waals surface area contributed by atoms with Crippen molar-refractivity contribution in [3.8, 4) is 0 Å². The van der Waals surface area contributed by atoms with Gasteiger partial charge in [0.25, 0.3) is 5.91 Å². The molecule has 7 N–H and O–H groups in total. The summed E-state index contributed by atoms with van der Waals surface area (Å²) in [5, 5.41) is 3.51. The smallest absolute Gasteiger partial charge is 0.259 e. The third-order valence-electron chi connectivity index (χ3n) is 4.97. The van der Waals surface area contributed by atoms with Crippen LogP contribution >= 0.6 is 0 Å². The first-order chi connectivity index (χ1) is 15.3. The van der Waals surface area contributed by atoms with Crippen LogP contribution in [-0.4, -0.2) is 34.0 Å². The number of nitrogens with one attached hydrogen (secondary N) is 1. The summed E-state index contributed by atoms with van der Waals surface area (Å²) in [6.07, 6.45) is 2.59. The van der Waals surface area contributed by atoms with Gasteiger partial charge in [-0.3, -0.25) is 14.6 Å². The molecule has 0 saturated heterocycles. The number of ketones is 1. The summed E-state index contributed by atoms with van der Waals surface area (Å²) in [7, 11) is 0. The monoisotopic (exact) mass is 433 g/mol. The van der Waals surface area contributed by atoms with Gasteiger partial charge < -0.3 is 27.1 Å². The van der Waals surface area contributed by atoms with Crippen LogP contribution in [-0.2, 0) is 11.3 Å². The van der Waals surface area contributed by atoms with E-state index in [2.05, 4.69) is 15.3 Å². The van der Waals surface area contributed by atoms with Gasteiger partial charge in [-0.25, -0.2) is 4.98 Å². The van der Waals surface area contributed by atoms with E-state index in [0.717, 1.165) is 10.9 Å². The molecule has 32 heavy (non-hydrogen) atoms. The van der Waals surface area contributed by atoms with E-state index in [4.69, 9.17) is 17.2 Å². The SMILES string of the molecule is CC(=O)c1cc2ccc(NC(=O)C(C=NCc3cccc(N)c3)=CN)nc2n1C(C)CN. The van der Waals surface area contributed by atoms with E-state index in [9.17, 15) is 9.59 Å². The van der Waals surface area contributed by atoms with Crippen LogP contribution in [0.1, 0.15) is 35.9 Å². The van der Waals surface area contributed by atoms with Crippen LogP contribution in [0.15, 0.2) is 59.2 Å². The summed E-state index contributed by atoms with van der Waals surface area (Å²) in [6.45, 7) is 4.10. The van der Waals surface area contributed by atoms with E-state index in [0.29, 0.717) is 35.9 Å². The summed E-state index contributed by atoms with van der Waals surface area (Å²) >= 11 is 0. The largest absolute Gasteiger partial charge is 0.404 e. The standard InChI is InChI=1S/C23H27N7O2/c1-14(10-24)30-20(15(2)31)9-17-6-7-21(28-22(17)30)29-23(32)18(11-25)13-27-12-16-4-3-5-19(26)8-16/h3-9,11,13-14H,10,12,24-26H2,1-2H3,(H,28,29,32). The van der Waals surface area contributed by atoms with Crippen molar-refractivity contribution < 1.29 is 9.59 Å². The normalized spacial score (nSPS) is 12.9. The fraction of sp³-hybridized carbons (Fsp3) is 0.217. The van der Waals surface area contributed by atoms with Crippen molar-refractivity contribution in [2.45, 2.75) is 26.4 Å². The van der Waals surface area contributed by atoms with Gasteiger partial charge in [-0.1, -0.05) is 12.1 Å². The van der Waals surface area contributed by atoms with E-state index in [1.54, 1.807) is 28.8 Å². The molecule has 1 atom stereocenters. The molecule has 9 heteroatoms. The molecule has 0 aliphatic heterocycles. The molecule has 3 aromatic rings. The minimum absolute atomic E-state index is 0.0846. The highest BCUT2D eigenvalue weighted by Crippen LogP contribution is 2.24. The molecule has 0 spiro atoms. The second kappa shape index (κ2) is 9.88. The molecule has 2 heterocycles. The number of nitrogen functional groups attached to an aromatic ring is 1. The Balaban J connectivity index is 1.80. The number of anilines is 2. The molecule has 0 aliphatic rings. The third kappa shape index (κ3) is 5.01. The molecule has 1 aromatic carbocycles. The van der Waals surface area contributed by atoms with Crippen molar-refractivity contribution in [1.29, 1.82) is 0 Å². The Hall–Kier alpha value is -3.98. The molecular weight excluding hydrogens is 406 g/mol. The molecule has 0 bridgehead atoms. The van der Waals surface area contributed by atoms with Crippen molar-refractivity contribution in [2.24, 2.45) is 16.5 Å². The van der Waals surface area contributed by atoms with Crippen LogP contribution in [0, 0.1) is 0 Å². The molecule has 1 amide bonds. The highest BCUT2D eigenvalue weighted by molar-refractivity contribution is 6.17. The molecule has 3 rings (SSSR count). The van der Waals surface area contributed by atoms with Gasteiger partial charge in [-0.05, 0) is 42.8 Å². The summed E-state index contributed by atoms with van der Waals surface area (Å²) in [5.74, 6) is -0.212. The molecule has 1 unspecified atom stereocenters. The van der Waals surface area contributed by atoms with Crippen molar-refractivity contribution in [2.75, 3.05) is 17.6 Å². The molecular formula is C23H27N7O2. The highest BCUT2D eigenvalue weighted by Gasteiger charge is 2.18. The average Bonchev–Trinajstić information content (AvgIpc) is 3.15. The van der Waals surface area contributed by atoms with E-state index < -0.39 is 5.91 Å². The third-order valence-corrected chi connectivity index (χ3v) is 4.97. The Kier molecular flexibility index (Phi) is 7.01. The van der Waals surface area contributed by atoms with Crippen molar-refractivity contribution >= 4 is 40.4 Å². The van der Waals surface area contributed by atoms with Crippen molar-refractivity contribution in [3.63, 3.8) is 0 Å². The zero-order valence-electron chi connectivity index (χ0n) is 18.1. The Labute approximate surface area is 186 Å². The average molecular weight is 434 g/mol. The number of Topliss-reactive ketones (excluding diaryl/α,β-unsaturated/α-hetero) is 1. The number of pyridine rings is 1. The van der Waals surface area contributed by atoms with Crippen LogP contribution in [0.25, 0.3) is 11.0 Å². The lowest BCUT2D eigenvalue weighted by Crippen LogP contribution is -2.20. The number of hydrogen-bond donors (Lipinski definition) is 4. The number of benzene rings is 1. The van der Waals surface area contributed by atoms with Gasteiger partial charge in [0, 0.05) is 43.0 Å². The van der Waals surface area contributed by atoms with Gasteiger partial charge in [-0.2, -0.15) is 0 Å². The van der Waals surface area contributed by atoms with Crippen LogP contribution in [0.2, 0.25) is 0 Å². The maximum absolute atomic E-state index is 12.7. The van der Waals surface area contributed by atoms with Crippen LogP contribution in [0.3, 0.4) is 0 Å². The van der Waals surface area contributed by atoms with E-state index in [1.165, 1.54) is 19.3 Å². The predicted octanol–water partition coefficient (Wildman–Crippen LogP) is 2.39. The van der Waals surface area contributed by atoms with Gasteiger partial charge in [-0.15, -0.1) is 0 Å². The van der Waals surface area contributed by atoms with Gasteiger partial charge in [0.15, 0.2) is 5.78 Å². The van der Waals surface area contributed by atoms with Gasteiger partial charge in [0.05, 0.1) is 17.8 Å². The number of carbonyl (C=O) groups excluding carboxylic acids is 2. The van der Waals surface area contributed by atoms with Crippen LogP contribution < -0.4 is 22.5 Å². The Bertz CT molecular complexity index is 1210. The van der Waals surface area contributed by atoms with Gasteiger partial charge in [0.2, 0.25) is 0 Å². The number of amides is 1. The number of aliphatic imine (C=N–C) groups is 1. The van der Waals surface area contributed by atoms with E-state index in [-0.39, 0.29) is 17.4 Å². The quantitative estimate of drug-likeness (QED) is 0.185. The van der Waals surface area contributed by atoms with Crippen molar-refractivity contribution in [1.82, 2.24) is 9.55 Å². The number of nitrogens with zero attached hydrogens (tertiary/aromatic N) is 3. The lowest BCUT2D eigenvalue weighted by molar-refractivity contribution is -0.112. The second-order valence-electron chi connectivity index (χ2n) is 7.44. The number of aromatic nitrogens is 2. The summed E-state index contributed by atoms with van der Waals surface area (Å²) in [4.78, 5) is 33.6. The van der Waals surface area contributed by atoms with Gasteiger partial charge in [0.1, 0.15) is 11.5 Å². The maximum Gasteiger partial charge on any atom is 0.259 e. The fourth-order valence-electron chi connectivity index (χ4n) is 3.29. The second-order valence-corrected chi connectivity index (χ2v) is 7.44. The minimum atomic E-state index is -0.451. The van der Waals surface area contributed by atoms with Crippen LogP contribution in [0.5, 0.6) is 0 Å². The zero-order chi connectivity index (χ0) is 23.3. The molecule has 166 valence electrons. The fourth-order valence-corrected chi connectivity index (χ4v) is 3.29. The number of nitrogens with two attached hydrogens (primary N) is 3. The first-order valence-corrected chi connectivity index (χ1v) is 10.1. The highest BCUT2D eigenvalue weighted by atomic mass is 16.1. The molecule has 2 aromatic heterocycles. The number of hydrogen-bond acceptors (Lipinski definition) is 7. The Morgan fingerprint density at radius 3 is 2.69 bits per heavy atom. The van der Waals surface area contributed by atoms with Crippen LogP contribution in [0.4, 0.5) is 11.5 Å². The maximum atomic E-state index is 12.7. The number of rotatable bonds is 8. The first kappa shape index (κ1) is 22.7. The van der Waals surface area contributed by atoms with E-state index >= 15 is 0 Å². The zero-order valence-corrected chi connectivity index (χ0v) is 18.1. The lowest BCUT2D eigenvalue weighted by Gasteiger charge is -2.15. The molecule has 0 saturated carbocycles. The number of carbonyl (C=O) groups is 2. The Morgan fingerprint density at radius 2 is 2.03 bits per heavy atom. The molecule has 0 radical (unpaired) electrons. The van der Waals surface area contributed by atoms with Gasteiger partial charge >= 0.3 is 0 Å². The molecule has 0 aliphatic carbocycles.